The maximum absolute atomic E-state index is 13.6. The molecule has 1 aromatic carbocycles. The normalized spacial score (nSPS) is 16.1. The first-order valence-corrected chi connectivity index (χ1v) is 9.26. The van der Waals surface area contributed by atoms with Crippen molar-refractivity contribution >= 4 is 22.3 Å². The molecule has 0 saturated heterocycles. The quantitative estimate of drug-likeness (QED) is 0.272. The van der Waals surface area contributed by atoms with Gasteiger partial charge in [0.1, 0.15) is 17.6 Å². The average Bonchev–Trinajstić information content (AvgIpc) is 3.33. The van der Waals surface area contributed by atoms with Crippen molar-refractivity contribution in [1.82, 2.24) is 0 Å². The number of alkyl halides is 6. The zero-order valence-corrected chi connectivity index (χ0v) is 17.8. The van der Waals surface area contributed by atoms with Gasteiger partial charge < -0.3 is 9.47 Å². The maximum atomic E-state index is 13.6. The molecule has 0 spiro atoms. The van der Waals surface area contributed by atoms with Crippen molar-refractivity contribution in [2.45, 2.75) is 12.7 Å². The van der Waals surface area contributed by atoms with Crippen molar-refractivity contribution in [3.05, 3.63) is 79.7 Å². The summed E-state index contributed by atoms with van der Waals surface area (Å²) in [5, 5.41) is 38.3. The lowest BCUT2D eigenvalue weighted by Crippen LogP contribution is -2.22. The number of benzene rings is 1. The topological polar surface area (TPSA) is 127 Å². The van der Waals surface area contributed by atoms with Crippen molar-refractivity contribution in [2.24, 2.45) is 0 Å². The van der Waals surface area contributed by atoms with Gasteiger partial charge in [-0.15, -0.1) is 26.3 Å². The van der Waals surface area contributed by atoms with E-state index in [2.05, 4.69) is 24.0 Å². The largest absolute Gasteiger partial charge is 0.573 e. The molecule has 0 bridgehead atoms. The first kappa shape index (κ1) is 26.4. The molecule has 15 heteroatoms. The van der Waals surface area contributed by atoms with Gasteiger partial charge in [0.2, 0.25) is 5.70 Å². The molecule has 0 aromatic heterocycles. The predicted octanol–water partition coefficient (Wildman–Crippen LogP) is 5.88. The minimum absolute atomic E-state index is 0.446. The van der Waals surface area contributed by atoms with E-state index in [4.69, 9.17) is 19.7 Å². The predicted molar refractivity (Wildman–Crippen MR) is 111 cm³/mol. The zero-order chi connectivity index (χ0) is 28.6. The van der Waals surface area contributed by atoms with Gasteiger partial charge in [-0.2, -0.15) is 15.8 Å². The van der Waals surface area contributed by atoms with Gasteiger partial charge in [0, 0.05) is 33.4 Å². The number of halogens is 6. The molecule has 9 nitrogen and oxygen atoms in total. The van der Waals surface area contributed by atoms with E-state index in [1.165, 1.54) is 24.3 Å². The smallest absolute Gasteiger partial charge is 0.405 e. The molecule has 0 saturated carbocycles. The fourth-order valence-electron chi connectivity index (χ4n) is 3.87. The van der Waals surface area contributed by atoms with Crippen molar-refractivity contribution < 1.29 is 35.8 Å². The van der Waals surface area contributed by atoms with Crippen molar-refractivity contribution in [1.29, 1.82) is 21.0 Å². The fourth-order valence-corrected chi connectivity index (χ4v) is 3.87. The van der Waals surface area contributed by atoms with E-state index in [9.17, 15) is 47.4 Å². The van der Waals surface area contributed by atoms with Gasteiger partial charge in [-0.25, -0.2) is 19.8 Å². The Balaban J connectivity index is 2.86. The Hall–Kier alpha value is -6.21. The van der Waals surface area contributed by atoms with Crippen molar-refractivity contribution in [2.75, 3.05) is 0 Å². The third-order valence-corrected chi connectivity index (χ3v) is 4.95. The van der Waals surface area contributed by atoms with Crippen molar-refractivity contribution in [3.63, 3.8) is 0 Å². The molecule has 2 aliphatic rings. The maximum Gasteiger partial charge on any atom is 0.573 e. The molecule has 38 heavy (non-hydrogen) atoms. The molecular weight excluding hydrogens is 520 g/mol. The van der Waals surface area contributed by atoms with E-state index in [1.807, 2.05) is 0 Å². The number of nitriles is 4. The second-order valence-electron chi connectivity index (χ2n) is 6.79. The van der Waals surface area contributed by atoms with E-state index in [1.54, 1.807) is 0 Å². The monoisotopic (exact) mass is 521 g/mol. The Kier molecular flexibility index (Phi) is 6.32. The number of allylic oxidation sites excluding steroid dienone is 6. The highest BCUT2D eigenvalue weighted by Gasteiger charge is 2.48. The Labute approximate surface area is 207 Å². The molecule has 0 unspecified atom stereocenters. The minimum atomic E-state index is -5.61. The molecule has 0 N–H and O–H groups in total. The zero-order valence-electron chi connectivity index (χ0n) is 17.8. The molecule has 0 fully saturated rings. The Morgan fingerprint density at radius 2 is 1.24 bits per heavy atom. The van der Waals surface area contributed by atoms with Gasteiger partial charge in [-0.05, 0) is 0 Å². The van der Waals surface area contributed by atoms with Crippen LogP contribution in [0.2, 0.25) is 0 Å². The van der Waals surface area contributed by atoms with Gasteiger partial charge in [0.25, 0.3) is 5.70 Å². The summed E-state index contributed by atoms with van der Waals surface area (Å²) in [6.07, 6.45) is -10.8. The molecule has 0 amide bonds. The van der Waals surface area contributed by atoms with E-state index in [0.717, 1.165) is 0 Å². The summed E-state index contributed by atoms with van der Waals surface area (Å²) in [6.45, 7) is 21.6. The Morgan fingerprint density at radius 1 is 0.737 bits per heavy atom. The molecule has 0 radical (unpaired) electrons. The van der Waals surface area contributed by atoms with E-state index >= 15 is 0 Å². The number of hydrogen-bond donors (Lipinski definition) is 0. The molecule has 3 rings (SSSR count). The average molecular weight is 521 g/mol. The van der Waals surface area contributed by atoms with Crippen LogP contribution in [-0.4, -0.2) is 12.7 Å². The van der Waals surface area contributed by atoms with Crippen molar-refractivity contribution in [3.8, 4) is 35.8 Å². The third kappa shape index (κ3) is 3.98. The Morgan fingerprint density at radius 3 is 1.63 bits per heavy atom. The summed E-state index contributed by atoms with van der Waals surface area (Å²) in [7, 11) is 0. The van der Waals surface area contributed by atoms with Crippen LogP contribution in [0.4, 0.5) is 26.3 Å². The summed E-state index contributed by atoms with van der Waals surface area (Å²) in [5.74, 6) is -2.92. The number of rotatable bonds is 2. The van der Waals surface area contributed by atoms with Crippen LogP contribution in [0.15, 0.2) is 23.2 Å². The highest BCUT2D eigenvalue weighted by atomic mass is 19.4. The van der Waals surface area contributed by atoms with Gasteiger partial charge in [-0.1, -0.05) is 0 Å². The first-order valence-electron chi connectivity index (χ1n) is 9.26. The second kappa shape index (κ2) is 9.10. The first-order chi connectivity index (χ1) is 17.8. The second-order valence-corrected chi connectivity index (χ2v) is 6.79. The SMILES string of the molecule is [C-]#[N+]/C=C1/C(C#N)=C(C#N)c2c(OC(F)(F)F)c3c(c(OC(F)(F)F)c21)/C(=C(\C#N)[N+]#[C-])C([N+]#[C-])=C3C#N. The molecular formula is C23HF6N7O2. The van der Waals surface area contributed by atoms with Gasteiger partial charge in [0.15, 0.2) is 6.20 Å². The minimum Gasteiger partial charge on any atom is -0.405 e. The summed E-state index contributed by atoms with van der Waals surface area (Å²) in [5.41, 5.74) is -10.9. The summed E-state index contributed by atoms with van der Waals surface area (Å²) in [6, 6.07) is 5.49. The summed E-state index contributed by atoms with van der Waals surface area (Å²) in [4.78, 5) is 8.59. The molecule has 0 aliphatic heterocycles. The van der Waals surface area contributed by atoms with Gasteiger partial charge >= 0.3 is 12.7 Å². The number of nitrogens with zero attached hydrogens (tertiary/aromatic N) is 7. The van der Waals surface area contributed by atoms with E-state index in [0.29, 0.717) is 6.20 Å². The van der Waals surface area contributed by atoms with Crippen LogP contribution in [0.3, 0.4) is 0 Å². The molecule has 1 aromatic rings. The lowest BCUT2D eigenvalue weighted by molar-refractivity contribution is -0.277. The van der Waals surface area contributed by atoms with Crippen LogP contribution < -0.4 is 9.47 Å². The fraction of sp³-hybridized carbons (Fsp3) is 0.0870. The van der Waals surface area contributed by atoms with Gasteiger partial charge in [-0.3, -0.25) is 0 Å². The molecule has 2 aliphatic carbocycles. The highest BCUT2D eigenvalue weighted by Crippen LogP contribution is 2.61. The van der Waals surface area contributed by atoms with E-state index in [-0.39, 0.29) is 0 Å². The van der Waals surface area contributed by atoms with Crippen LogP contribution in [-0.2, 0) is 0 Å². The lowest BCUT2D eigenvalue weighted by Gasteiger charge is -2.23. The van der Waals surface area contributed by atoms with Crippen LogP contribution in [0.1, 0.15) is 22.3 Å². The summed E-state index contributed by atoms with van der Waals surface area (Å²) >= 11 is 0. The third-order valence-electron chi connectivity index (χ3n) is 4.95. The van der Waals surface area contributed by atoms with E-state index < -0.39 is 85.7 Å². The van der Waals surface area contributed by atoms with Crippen LogP contribution in [0, 0.1) is 65.0 Å². The molecule has 0 heterocycles. The summed E-state index contributed by atoms with van der Waals surface area (Å²) < 4.78 is 89.7. The molecule has 182 valence electrons. The molecule has 0 atom stereocenters. The van der Waals surface area contributed by atoms with Crippen LogP contribution >= 0.6 is 0 Å². The number of fused-ring (bicyclic) bond motifs is 2. The Bertz CT molecular complexity index is 1740. The van der Waals surface area contributed by atoms with Crippen LogP contribution in [0.25, 0.3) is 36.8 Å². The highest BCUT2D eigenvalue weighted by molar-refractivity contribution is 6.17. The standard InChI is InChI=1S/C23HF6N7O2/c1-34-8-12-9(4-30)10(5-31)14-16(12)21(38-23(27,28)29)18-15(20(14)37-22(24,25)26)11(6-32)19(36-3)17(18)13(7-33)35-2/h8H/b12-8-,17-13-. The lowest BCUT2D eigenvalue weighted by atomic mass is 9.90. The van der Waals surface area contributed by atoms with Gasteiger partial charge in [0.05, 0.1) is 54.6 Å². The van der Waals surface area contributed by atoms with Crippen LogP contribution in [0.5, 0.6) is 11.5 Å². The number of ether oxygens (including phenoxy) is 2. The number of hydrogen-bond acceptors (Lipinski definition) is 6.